The van der Waals surface area contributed by atoms with Crippen molar-refractivity contribution in [2.75, 3.05) is 6.54 Å². The highest BCUT2D eigenvalue weighted by molar-refractivity contribution is 6.04. The molecule has 0 radical (unpaired) electrons. The number of imide groups is 1. The van der Waals surface area contributed by atoms with Gasteiger partial charge in [0, 0.05) is 13.0 Å². The van der Waals surface area contributed by atoms with Gasteiger partial charge in [0.25, 0.3) is 5.91 Å². The molecule has 0 saturated carbocycles. The summed E-state index contributed by atoms with van der Waals surface area (Å²) in [4.78, 5) is 24.6. The molecule has 1 saturated heterocycles. The van der Waals surface area contributed by atoms with Crippen molar-refractivity contribution in [3.63, 3.8) is 0 Å². The molecule has 0 aliphatic carbocycles. The molecule has 4 heteroatoms. The topological polar surface area (TPSA) is 49.4 Å². The number of nitrogens with one attached hydrogen (secondary N) is 1. The number of hydrogen-bond donors (Lipinski definition) is 1. The molecular weight excluding hydrogens is 216 g/mol. The van der Waals surface area contributed by atoms with E-state index in [1.54, 1.807) is 6.08 Å². The zero-order valence-electron chi connectivity index (χ0n) is 9.43. The van der Waals surface area contributed by atoms with Crippen molar-refractivity contribution in [2.45, 2.75) is 12.5 Å². The van der Waals surface area contributed by atoms with Crippen LogP contribution in [0.2, 0.25) is 0 Å². The monoisotopic (exact) mass is 230 g/mol. The number of benzene rings is 1. The lowest BCUT2D eigenvalue weighted by Gasteiger charge is -2.10. The molecular formula is C13H14N2O2. The Bertz CT molecular complexity index is 442. The fourth-order valence-corrected chi connectivity index (χ4v) is 1.87. The van der Waals surface area contributed by atoms with Gasteiger partial charge in [-0.1, -0.05) is 36.4 Å². The zero-order valence-corrected chi connectivity index (χ0v) is 9.43. The Labute approximate surface area is 99.9 Å². The number of nitrogens with zero attached hydrogens (tertiary/aromatic N) is 1. The van der Waals surface area contributed by atoms with E-state index in [4.69, 9.17) is 0 Å². The lowest BCUT2D eigenvalue weighted by atomic mass is 10.1. The molecule has 17 heavy (non-hydrogen) atoms. The second-order valence-corrected chi connectivity index (χ2v) is 3.93. The van der Waals surface area contributed by atoms with Gasteiger partial charge in [0.15, 0.2) is 0 Å². The molecule has 1 aliphatic rings. The second-order valence-electron chi connectivity index (χ2n) is 3.93. The van der Waals surface area contributed by atoms with E-state index in [0.29, 0.717) is 6.42 Å². The number of urea groups is 1. The van der Waals surface area contributed by atoms with Gasteiger partial charge in [-0.3, -0.25) is 9.69 Å². The molecule has 88 valence electrons. The van der Waals surface area contributed by atoms with E-state index in [9.17, 15) is 9.59 Å². The van der Waals surface area contributed by atoms with E-state index < -0.39 is 6.04 Å². The Hall–Kier alpha value is -2.10. The molecule has 1 atom stereocenters. The van der Waals surface area contributed by atoms with Crippen molar-refractivity contribution in [3.8, 4) is 0 Å². The molecule has 1 N–H and O–H groups in total. The average molecular weight is 230 g/mol. The van der Waals surface area contributed by atoms with Gasteiger partial charge in [-0.05, 0) is 5.56 Å². The van der Waals surface area contributed by atoms with Crippen LogP contribution in [-0.4, -0.2) is 29.4 Å². The summed E-state index contributed by atoms with van der Waals surface area (Å²) in [6.45, 7) is 3.79. The van der Waals surface area contributed by atoms with Crippen LogP contribution in [-0.2, 0) is 11.2 Å². The summed E-state index contributed by atoms with van der Waals surface area (Å²) in [7, 11) is 0. The lowest BCUT2D eigenvalue weighted by Crippen LogP contribution is -2.32. The van der Waals surface area contributed by atoms with Crippen LogP contribution in [0.4, 0.5) is 4.79 Å². The summed E-state index contributed by atoms with van der Waals surface area (Å²) >= 11 is 0. The van der Waals surface area contributed by atoms with Gasteiger partial charge in [0.1, 0.15) is 6.04 Å². The Morgan fingerprint density at radius 3 is 2.65 bits per heavy atom. The number of carbonyl (C=O) groups is 2. The Morgan fingerprint density at radius 1 is 1.29 bits per heavy atom. The number of carbonyl (C=O) groups excluding carboxylic acids is 2. The molecule has 1 aromatic rings. The Balaban J connectivity index is 2.07. The zero-order chi connectivity index (χ0) is 12.3. The largest absolute Gasteiger partial charge is 0.325 e. The van der Waals surface area contributed by atoms with E-state index in [1.807, 2.05) is 30.3 Å². The molecule has 1 aromatic carbocycles. The summed E-state index contributed by atoms with van der Waals surface area (Å²) in [5.74, 6) is -0.182. The molecule has 0 spiro atoms. The lowest BCUT2D eigenvalue weighted by molar-refractivity contribution is -0.127. The Morgan fingerprint density at radius 2 is 2.00 bits per heavy atom. The van der Waals surface area contributed by atoms with Gasteiger partial charge < -0.3 is 5.32 Å². The van der Waals surface area contributed by atoms with Gasteiger partial charge in [-0.15, -0.1) is 6.58 Å². The maximum atomic E-state index is 11.9. The predicted molar refractivity (Wildman–Crippen MR) is 64.4 cm³/mol. The number of rotatable bonds is 4. The van der Waals surface area contributed by atoms with Gasteiger partial charge in [0.05, 0.1) is 0 Å². The summed E-state index contributed by atoms with van der Waals surface area (Å²) in [6.07, 6.45) is 2.07. The normalized spacial score (nSPS) is 19.3. The minimum absolute atomic E-state index is 0.182. The molecule has 0 unspecified atom stereocenters. The highest BCUT2D eigenvalue weighted by atomic mass is 16.2. The first-order valence-corrected chi connectivity index (χ1v) is 5.49. The third-order valence-electron chi connectivity index (χ3n) is 2.70. The van der Waals surface area contributed by atoms with Crippen LogP contribution in [0.5, 0.6) is 0 Å². The van der Waals surface area contributed by atoms with Crippen LogP contribution < -0.4 is 5.32 Å². The standard InChI is InChI=1S/C13H14N2O2/c1-2-8-15-12(16)11(14-13(15)17)9-10-6-4-3-5-7-10/h2-7,11H,1,8-9H2,(H,14,17)/t11-/m1/s1. The van der Waals surface area contributed by atoms with E-state index in [1.165, 1.54) is 4.90 Å². The molecule has 0 aromatic heterocycles. The first-order valence-electron chi connectivity index (χ1n) is 5.49. The predicted octanol–water partition coefficient (Wildman–Crippen LogP) is 1.34. The quantitative estimate of drug-likeness (QED) is 0.626. The maximum Gasteiger partial charge on any atom is 0.325 e. The van der Waals surface area contributed by atoms with Crippen molar-refractivity contribution >= 4 is 11.9 Å². The first kappa shape index (κ1) is 11.4. The fraction of sp³-hybridized carbons (Fsp3) is 0.231. The van der Waals surface area contributed by atoms with Crippen molar-refractivity contribution < 1.29 is 9.59 Å². The highest BCUT2D eigenvalue weighted by Crippen LogP contribution is 2.11. The van der Waals surface area contributed by atoms with Crippen molar-refractivity contribution in [2.24, 2.45) is 0 Å². The third kappa shape index (κ3) is 2.36. The van der Waals surface area contributed by atoms with Crippen LogP contribution in [0.1, 0.15) is 5.56 Å². The minimum Gasteiger partial charge on any atom is -0.325 e. The van der Waals surface area contributed by atoms with E-state index in [2.05, 4.69) is 11.9 Å². The Kier molecular flexibility index (Phi) is 3.23. The second kappa shape index (κ2) is 4.82. The van der Waals surface area contributed by atoms with E-state index >= 15 is 0 Å². The third-order valence-corrected chi connectivity index (χ3v) is 2.70. The van der Waals surface area contributed by atoms with Crippen molar-refractivity contribution in [1.29, 1.82) is 0 Å². The van der Waals surface area contributed by atoms with Gasteiger partial charge >= 0.3 is 6.03 Å². The minimum atomic E-state index is -0.454. The summed E-state index contributed by atoms with van der Waals surface area (Å²) in [6, 6.07) is 8.84. The molecule has 1 fully saturated rings. The number of hydrogen-bond acceptors (Lipinski definition) is 2. The van der Waals surface area contributed by atoms with E-state index in [0.717, 1.165) is 5.56 Å². The molecule has 1 heterocycles. The van der Waals surface area contributed by atoms with Gasteiger partial charge in [-0.2, -0.15) is 0 Å². The molecule has 3 amide bonds. The fourth-order valence-electron chi connectivity index (χ4n) is 1.87. The van der Waals surface area contributed by atoms with Gasteiger partial charge in [0.2, 0.25) is 0 Å². The molecule has 2 rings (SSSR count). The van der Waals surface area contributed by atoms with Crippen LogP contribution in [0.15, 0.2) is 43.0 Å². The highest BCUT2D eigenvalue weighted by Gasteiger charge is 2.36. The average Bonchev–Trinajstić information content (AvgIpc) is 2.59. The van der Waals surface area contributed by atoms with Crippen LogP contribution in [0, 0.1) is 0 Å². The van der Waals surface area contributed by atoms with E-state index in [-0.39, 0.29) is 18.5 Å². The summed E-state index contributed by atoms with van der Waals surface area (Å²) in [5, 5.41) is 2.68. The van der Waals surface area contributed by atoms with Crippen LogP contribution in [0.25, 0.3) is 0 Å². The summed E-state index contributed by atoms with van der Waals surface area (Å²) < 4.78 is 0. The van der Waals surface area contributed by atoms with Crippen LogP contribution in [0.3, 0.4) is 0 Å². The molecule has 1 aliphatic heterocycles. The molecule has 4 nitrogen and oxygen atoms in total. The first-order chi connectivity index (χ1) is 8.22. The SMILES string of the molecule is C=CCN1C(=O)N[C@H](Cc2ccccc2)C1=O. The smallest absolute Gasteiger partial charge is 0.325 e. The number of amides is 3. The van der Waals surface area contributed by atoms with Crippen molar-refractivity contribution in [3.05, 3.63) is 48.6 Å². The summed E-state index contributed by atoms with van der Waals surface area (Å²) in [5.41, 5.74) is 1.03. The van der Waals surface area contributed by atoms with Crippen molar-refractivity contribution in [1.82, 2.24) is 10.2 Å². The van der Waals surface area contributed by atoms with Gasteiger partial charge in [-0.25, -0.2) is 4.79 Å². The van der Waals surface area contributed by atoms with Crippen LogP contribution >= 0.6 is 0 Å². The maximum absolute atomic E-state index is 11.9. The molecule has 0 bridgehead atoms.